The van der Waals surface area contributed by atoms with Crippen LogP contribution in [0.4, 0.5) is 0 Å². The van der Waals surface area contributed by atoms with Crippen molar-refractivity contribution in [2.75, 3.05) is 53.4 Å². The third kappa shape index (κ3) is 4.94. The summed E-state index contributed by atoms with van der Waals surface area (Å²) >= 11 is 5.44. The minimum absolute atomic E-state index is 0.450. The molecule has 0 spiro atoms. The number of benzene rings is 1. The second-order valence-corrected chi connectivity index (χ2v) is 9.57. The zero-order chi connectivity index (χ0) is 19.5. The highest BCUT2D eigenvalue weighted by Crippen LogP contribution is 2.26. The second-order valence-electron chi connectivity index (χ2n) is 7.31. The maximum Gasteiger partial charge on any atom is 0.243 e. The summed E-state index contributed by atoms with van der Waals surface area (Å²) < 4.78 is 27.8. The van der Waals surface area contributed by atoms with E-state index in [2.05, 4.69) is 24.3 Å². The van der Waals surface area contributed by atoms with Gasteiger partial charge in [0.25, 0.3) is 0 Å². The van der Waals surface area contributed by atoms with Crippen LogP contribution in [0.15, 0.2) is 17.0 Å². The lowest BCUT2D eigenvalue weighted by Gasteiger charge is -2.36. The molecule has 0 aromatic heterocycles. The fraction of sp³-hybridized carbons (Fsp3) is 0.611. The average molecular weight is 400 g/mol. The number of rotatable bonds is 5. The number of thiocarbonyl (C=S) groups is 1. The van der Waals surface area contributed by atoms with Crippen LogP contribution in [0.3, 0.4) is 0 Å². The van der Waals surface area contributed by atoms with Gasteiger partial charge in [-0.3, -0.25) is 0 Å². The Kier molecular flexibility index (Phi) is 7.01. The van der Waals surface area contributed by atoms with Gasteiger partial charge in [-0.15, -0.1) is 0 Å². The maximum atomic E-state index is 13.1. The smallest absolute Gasteiger partial charge is 0.243 e. The number of nitrogens with one attached hydrogen (secondary N) is 2. The van der Waals surface area contributed by atoms with E-state index in [9.17, 15) is 8.42 Å². The lowest BCUT2D eigenvalue weighted by Crippen LogP contribution is -3.06. The van der Waals surface area contributed by atoms with Gasteiger partial charge in [0.05, 0.1) is 32.1 Å². The average Bonchev–Trinajstić information content (AvgIpc) is 2.53. The van der Waals surface area contributed by atoms with Crippen LogP contribution >= 0.6 is 12.2 Å². The Bertz CT molecular complexity index is 731. The summed E-state index contributed by atoms with van der Waals surface area (Å²) in [4.78, 5) is 3.87. The van der Waals surface area contributed by atoms with Gasteiger partial charge in [0.15, 0.2) is 5.11 Å². The van der Waals surface area contributed by atoms with Gasteiger partial charge in [-0.1, -0.05) is 17.7 Å². The van der Waals surface area contributed by atoms with Crippen LogP contribution in [0.2, 0.25) is 0 Å². The SMILES string of the molecule is Cc1cc(C)c(S(=O)(=O)N2CCN(C(=S)NCC[NH+](C)C)CC2)c(C)c1. The molecule has 0 unspecified atom stereocenters. The first kappa shape index (κ1) is 21.1. The summed E-state index contributed by atoms with van der Waals surface area (Å²) in [6.45, 7) is 9.67. The molecule has 2 N–H and O–H groups in total. The van der Waals surface area contributed by atoms with E-state index in [1.165, 1.54) is 4.90 Å². The van der Waals surface area contributed by atoms with Crippen molar-refractivity contribution in [1.82, 2.24) is 14.5 Å². The van der Waals surface area contributed by atoms with Gasteiger partial charge in [0, 0.05) is 26.2 Å². The van der Waals surface area contributed by atoms with Crippen molar-refractivity contribution in [3.63, 3.8) is 0 Å². The molecule has 6 nitrogen and oxygen atoms in total. The number of quaternary nitrogens is 1. The molecule has 1 fully saturated rings. The van der Waals surface area contributed by atoms with E-state index in [0.717, 1.165) is 29.8 Å². The minimum Gasteiger partial charge on any atom is -0.357 e. The molecule has 1 saturated heterocycles. The van der Waals surface area contributed by atoms with Gasteiger partial charge in [-0.05, 0) is 44.1 Å². The summed E-state index contributed by atoms with van der Waals surface area (Å²) in [7, 11) is 0.723. The van der Waals surface area contributed by atoms with E-state index in [0.29, 0.717) is 36.2 Å². The predicted molar refractivity (Wildman–Crippen MR) is 109 cm³/mol. The molecule has 146 valence electrons. The van der Waals surface area contributed by atoms with Crippen LogP contribution in [0, 0.1) is 20.8 Å². The Hall–Kier alpha value is -1.22. The number of piperazine rings is 1. The minimum atomic E-state index is -3.48. The Balaban J connectivity index is 2.02. The van der Waals surface area contributed by atoms with Crippen molar-refractivity contribution in [3.05, 3.63) is 28.8 Å². The van der Waals surface area contributed by atoms with Crippen LogP contribution in [-0.4, -0.2) is 76.1 Å². The Morgan fingerprint density at radius 3 is 2.15 bits per heavy atom. The van der Waals surface area contributed by atoms with E-state index in [4.69, 9.17) is 12.2 Å². The van der Waals surface area contributed by atoms with Gasteiger partial charge < -0.3 is 15.1 Å². The lowest BCUT2D eigenvalue weighted by atomic mass is 10.1. The fourth-order valence-corrected chi connectivity index (χ4v) is 5.48. The fourth-order valence-electron chi connectivity index (χ4n) is 3.37. The standard InChI is InChI=1S/C18H30N4O2S2/c1-14-12-15(2)17(16(3)13-14)26(23,24)22-10-8-21(9-11-22)18(25)19-6-7-20(4)5/h12-13H,6-11H2,1-5H3,(H,19,25)/p+1. The summed E-state index contributed by atoms with van der Waals surface area (Å²) in [6, 6.07) is 3.86. The van der Waals surface area contributed by atoms with Crippen molar-refractivity contribution in [1.29, 1.82) is 0 Å². The monoisotopic (exact) mass is 399 g/mol. The largest absolute Gasteiger partial charge is 0.357 e. The second kappa shape index (κ2) is 8.65. The normalized spacial score (nSPS) is 16.2. The van der Waals surface area contributed by atoms with Crippen molar-refractivity contribution < 1.29 is 13.3 Å². The molecule has 0 aliphatic carbocycles. The molecule has 1 heterocycles. The Morgan fingerprint density at radius 1 is 1.12 bits per heavy atom. The highest BCUT2D eigenvalue weighted by Gasteiger charge is 2.31. The molecule has 0 amide bonds. The van der Waals surface area contributed by atoms with Crippen LogP contribution in [0.1, 0.15) is 16.7 Å². The molecule has 0 saturated carbocycles. The maximum absolute atomic E-state index is 13.1. The van der Waals surface area contributed by atoms with Gasteiger partial charge >= 0.3 is 0 Å². The number of nitrogens with zero attached hydrogens (tertiary/aromatic N) is 2. The highest BCUT2D eigenvalue weighted by molar-refractivity contribution is 7.89. The van der Waals surface area contributed by atoms with Crippen molar-refractivity contribution >= 4 is 27.4 Å². The third-order valence-corrected chi connectivity index (χ3v) is 7.24. The number of aryl methyl sites for hydroxylation is 3. The van der Waals surface area contributed by atoms with Crippen LogP contribution < -0.4 is 10.2 Å². The summed E-state index contributed by atoms with van der Waals surface area (Å²) in [5.74, 6) is 0. The molecule has 0 atom stereocenters. The number of sulfonamides is 1. The molecular weight excluding hydrogens is 368 g/mol. The first-order valence-corrected chi connectivity index (χ1v) is 10.9. The highest BCUT2D eigenvalue weighted by atomic mass is 32.2. The first-order chi connectivity index (χ1) is 12.1. The number of hydrogen-bond donors (Lipinski definition) is 2. The number of likely N-dealkylation sites (N-methyl/N-ethyl adjacent to an activating group) is 1. The van der Waals surface area contributed by atoms with Gasteiger partial charge in [-0.25, -0.2) is 8.42 Å². The lowest BCUT2D eigenvalue weighted by molar-refractivity contribution is -0.856. The van der Waals surface area contributed by atoms with Crippen molar-refractivity contribution in [2.24, 2.45) is 0 Å². The molecule has 1 aromatic carbocycles. The van der Waals surface area contributed by atoms with E-state index in [1.54, 1.807) is 4.31 Å². The molecule has 1 aromatic rings. The predicted octanol–water partition coefficient (Wildman–Crippen LogP) is -0.0628. The number of hydrogen-bond acceptors (Lipinski definition) is 3. The topological polar surface area (TPSA) is 57.1 Å². The third-order valence-electron chi connectivity index (χ3n) is 4.63. The summed E-state index contributed by atoms with van der Waals surface area (Å²) in [5, 5.41) is 3.98. The summed E-state index contributed by atoms with van der Waals surface area (Å²) in [5.41, 5.74) is 2.71. The quantitative estimate of drug-likeness (QED) is 0.680. The van der Waals surface area contributed by atoms with Gasteiger partial charge in [0.2, 0.25) is 10.0 Å². The van der Waals surface area contributed by atoms with Gasteiger partial charge in [0.1, 0.15) is 0 Å². The van der Waals surface area contributed by atoms with Crippen molar-refractivity contribution in [2.45, 2.75) is 25.7 Å². The zero-order valence-electron chi connectivity index (χ0n) is 16.4. The van der Waals surface area contributed by atoms with Crippen molar-refractivity contribution in [3.8, 4) is 0 Å². The molecule has 2 rings (SSSR count). The molecule has 8 heteroatoms. The van der Waals surface area contributed by atoms with Crippen LogP contribution in [-0.2, 0) is 10.0 Å². The van der Waals surface area contributed by atoms with E-state index in [-0.39, 0.29) is 0 Å². The Morgan fingerprint density at radius 2 is 1.65 bits per heavy atom. The van der Waals surface area contributed by atoms with Gasteiger partial charge in [-0.2, -0.15) is 4.31 Å². The first-order valence-electron chi connectivity index (χ1n) is 9.02. The van der Waals surface area contributed by atoms with E-state index < -0.39 is 10.0 Å². The molecule has 26 heavy (non-hydrogen) atoms. The van der Waals surface area contributed by atoms with E-state index >= 15 is 0 Å². The molecular formula is C18H31N4O2S2+. The van der Waals surface area contributed by atoms with E-state index in [1.807, 2.05) is 32.9 Å². The zero-order valence-corrected chi connectivity index (χ0v) is 18.1. The van der Waals surface area contributed by atoms with Crippen LogP contribution in [0.25, 0.3) is 0 Å². The molecule has 1 aliphatic heterocycles. The molecule has 0 radical (unpaired) electrons. The summed E-state index contributed by atoms with van der Waals surface area (Å²) in [6.07, 6.45) is 0. The molecule has 1 aliphatic rings. The molecule has 0 bridgehead atoms. The Labute approximate surface area is 163 Å². The van der Waals surface area contributed by atoms with Crippen LogP contribution in [0.5, 0.6) is 0 Å².